The Kier molecular flexibility index (Phi) is 8.81. The number of rotatable bonds is 8. The van der Waals surface area contributed by atoms with Crippen molar-refractivity contribution in [3.05, 3.63) is 78.4 Å². The summed E-state index contributed by atoms with van der Waals surface area (Å²) in [5.41, 5.74) is 1.78. The van der Waals surface area contributed by atoms with Crippen molar-refractivity contribution in [3.8, 4) is 17.4 Å². The first kappa shape index (κ1) is 24.2. The summed E-state index contributed by atoms with van der Waals surface area (Å²) in [5, 5.41) is 14.9. The first-order chi connectivity index (χ1) is 15.7. The lowest BCUT2D eigenvalue weighted by molar-refractivity contribution is 0.412. The molecule has 4 aromatic rings. The van der Waals surface area contributed by atoms with Gasteiger partial charge < -0.3 is 20.1 Å². The van der Waals surface area contributed by atoms with Crippen LogP contribution >= 0.6 is 24.0 Å². The van der Waals surface area contributed by atoms with Crippen LogP contribution in [-0.4, -0.2) is 39.2 Å². The average Bonchev–Trinajstić information content (AvgIpc) is 3.25. The summed E-state index contributed by atoms with van der Waals surface area (Å²) in [6.07, 6.45) is 3.70. The van der Waals surface area contributed by atoms with Gasteiger partial charge in [0, 0.05) is 25.0 Å². The molecule has 2 N–H and O–H groups in total. The highest BCUT2D eigenvalue weighted by molar-refractivity contribution is 14.0. The first-order valence-corrected chi connectivity index (χ1v) is 10.3. The van der Waals surface area contributed by atoms with E-state index in [1.165, 1.54) is 0 Å². The maximum absolute atomic E-state index is 5.77. The van der Waals surface area contributed by atoms with Crippen molar-refractivity contribution in [3.63, 3.8) is 0 Å². The molecule has 9 nitrogen and oxygen atoms in total. The molecule has 0 atom stereocenters. The summed E-state index contributed by atoms with van der Waals surface area (Å²) in [5.74, 6) is 3.50. The van der Waals surface area contributed by atoms with Crippen molar-refractivity contribution in [2.75, 3.05) is 13.7 Å². The number of pyridine rings is 2. The van der Waals surface area contributed by atoms with Crippen molar-refractivity contribution in [1.82, 2.24) is 30.2 Å². The molecular formula is C23H26IN7O2. The number of nitrogens with zero attached hydrogens (tertiary/aromatic N) is 5. The quantitative estimate of drug-likeness (QED) is 0.193. The standard InChI is InChI=1S/C23H25N7O2.HI/c1-3-24-23(27-16-21-29-28-20-6-4-5-13-30(20)21)26-15-17-7-12-22(25-14-17)32-19-10-8-18(31-2)9-11-19;/h4-14H,3,15-16H2,1-2H3,(H2,24,26,27);1H. The molecule has 0 bridgehead atoms. The van der Waals surface area contributed by atoms with Gasteiger partial charge in [-0.3, -0.25) is 4.40 Å². The number of aliphatic imine (C=N–C) groups is 1. The molecule has 0 unspecified atom stereocenters. The molecule has 0 amide bonds. The minimum atomic E-state index is 0. The van der Waals surface area contributed by atoms with E-state index in [9.17, 15) is 0 Å². The summed E-state index contributed by atoms with van der Waals surface area (Å²) in [7, 11) is 1.63. The van der Waals surface area contributed by atoms with Gasteiger partial charge >= 0.3 is 0 Å². The van der Waals surface area contributed by atoms with Crippen LogP contribution in [0.4, 0.5) is 0 Å². The number of fused-ring (bicyclic) bond motifs is 1. The van der Waals surface area contributed by atoms with Crippen molar-refractivity contribution in [2.24, 2.45) is 4.99 Å². The van der Waals surface area contributed by atoms with Gasteiger partial charge in [0.15, 0.2) is 17.4 Å². The second-order valence-corrected chi connectivity index (χ2v) is 6.88. The summed E-state index contributed by atoms with van der Waals surface area (Å²) < 4.78 is 12.9. The lowest BCUT2D eigenvalue weighted by Crippen LogP contribution is -2.37. The highest BCUT2D eigenvalue weighted by Crippen LogP contribution is 2.22. The smallest absolute Gasteiger partial charge is 0.219 e. The lowest BCUT2D eigenvalue weighted by atomic mass is 10.3. The largest absolute Gasteiger partial charge is 0.497 e. The number of halogens is 1. The van der Waals surface area contributed by atoms with Crippen LogP contribution in [0.15, 0.2) is 72.0 Å². The molecule has 4 rings (SSSR count). The molecule has 172 valence electrons. The molecule has 1 aromatic carbocycles. The van der Waals surface area contributed by atoms with Gasteiger partial charge in [-0.05, 0) is 48.9 Å². The molecule has 0 aliphatic rings. The first-order valence-electron chi connectivity index (χ1n) is 10.3. The second kappa shape index (κ2) is 12.0. The van der Waals surface area contributed by atoms with E-state index in [0.29, 0.717) is 30.7 Å². The number of hydrogen-bond donors (Lipinski definition) is 2. The number of aromatic nitrogens is 4. The molecule has 0 aliphatic heterocycles. The van der Waals surface area contributed by atoms with Gasteiger partial charge in [-0.2, -0.15) is 0 Å². The Labute approximate surface area is 209 Å². The Morgan fingerprint density at radius 1 is 1.00 bits per heavy atom. The van der Waals surface area contributed by atoms with Crippen molar-refractivity contribution in [1.29, 1.82) is 0 Å². The Morgan fingerprint density at radius 3 is 2.55 bits per heavy atom. The van der Waals surface area contributed by atoms with Crippen molar-refractivity contribution >= 4 is 35.6 Å². The second-order valence-electron chi connectivity index (χ2n) is 6.88. The van der Waals surface area contributed by atoms with Gasteiger partial charge in [0.25, 0.3) is 0 Å². The van der Waals surface area contributed by atoms with Crippen molar-refractivity contribution in [2.45, 2.75) is 20.0 Å². The zero-order chi connectivity index (χ0) is 22.2. The molecule has 0 saturated carbocycles. The molecule has 0 radical (unpaired) electrons. The highest BCUT2D eigenvalue weighted by Gasteiger charge is 2.06. The third-order valence-corrected chi connectivity index (χ3v) is 4.64. The molecule has 10 heteroatoms. The van der Waals surface area contributed by atoms with E-state index in [1.807, 2.05) is 72.1 Å². The molecule has 0 fully saturated rings. The van der Waals surface area contributed by atoms with Gasteiger partial charge in [0.05, 0.1) is 20.2 Å². The minimum absolute atomic E-state index is 0. The number of methoxy groups -OCH3 is 1. The number of hydrogen-bond acceptors (Lipinski definition) is 6. The topological polar surface area (TPSA) is 98.0 Å². The van der Waals surface area contributed by atoms with Crippen LogP contribution < -0.4 is 20.1 Å². The van der Waals surface area contributed by atoms with Gasteiger partial charge in [0.2, 0.25) is 5.88 Å². The van der Waals surface area contributed by atoms with Gasteiger partial charge in [-0.15, -0.1) is 34.2 Å². The average molecular weight is 559 g/mol. The summed E-state index contributed by atoms with van der Waals surface area (Å²) in [6.45, 7) is 3.76. The SMILES string of the molecule is CCNC(=NCc1ccc(Oc2ccc(OC)cc2)nc1)NCc1nnc2ccccn12.I. The predicted molar refractivity (Wildman–Crippen MR) is 137 cm³/mol. The fourth-order valence-corrected chi connectivity index (χ4v) is 3.02. The van der Waals surface area contributed by atoms with Crippen LogP contribution in [0.3, 0.4) is 0 Å². The van der Waals surface area contributed by atoms with E-state index in [4.69, 9.17) is 9.47 Å². The van der Waals surface area contributed by atoms with Gasteiger partial charge in [0.1, 0.15) is 11.5 Å². The molecule has 3 heterocycles. The zero-order valence-corrected chi connectivity index (χ0v) is 20.8. The minimum Gasteiger partial charge on any atom is -0.497 e. The Balaban J connectivity index is 0.00000306. The predicted octanol–water partition coefficient (Wildman–Crippen LogP) is 3.80. The van der Waals surface area contributed by atoms with E-state index >= 15 is 0 Å². The van der Waals surface area contributed by atoms with Gasteiger partial charge in [-0.25, -0.2) is 9.98 Å². The lowest BCUT2D eigenvalue weighted by Gasteiger charge is -2.10. The van der Waals surface area contributed by atoms with E-state index < -0.39 is 0 Å². The Morgan fingerprint density at radius 2 is 1.82 bits per heavy atom. The fourth-order valence-electron chi connectivity index (χ4n) is 3.02. The molecular weight excluding hydrogens is 533 g/mol. The maximum Gasteiger partial charge on any atom is 0.219 e. The number of guanidine groups is 1. The number of ether oxygens (including phenoxy) is 2. The molecule has 0 spiro atoms. The summed E-state index contributed by atoms with van der Waals surface area (Å²) in [4.78, 5) is 9.01. The number of nitrogens with one attached hydrogen (secondary N) is 2. The molecule has 3 aromatic heterocycles. The molecule has 0 saturated heterocycles. The van der Waals surface area contributed by atoms with Crippen molar-refractivity contribution < 1.29 is 9.47 Å². The Bertz CT molecular complexity index is 1180. The monoisotopic (exact) mass is 559 g/mol. The van der Waals surface area contributed by atoms with Crippen LogP contribution in [0.2, 0.25) is 0 Å². The van der Waals surface area contributed by atoms with Gasteiger partial charge in [-0.1, -0.05) is 12.1 Å². The highest BCUT2D eigenvalue weighted by atomic mass is 127. The third-order valence-electron chi connectivity index (χ3n) is 4.64. The van der Waals surface area contributed by atoms with Crippen LogP contribution in [0.5, 0.6) is 17.4 Å². The maximum atomic E-state index is 5.77. The van der Waals surface area contributed by atoms with Crippen LogP contribution in [0.25, 0.3) is 5.65 Å². The van der Waals surface area contributed by atoms with E-state index in [1.54, 1.807) is 13.3 Å². The fraction of sp³-hybridized carbons (Fsp3) is 0.217. The zero-order valence-electron chi connectivity index (χ0n) is 18.4. The van der Waals surface area contributed by atoms with E-state index in [2.05, 4.69) is 30.8 Å². The van der Waals surface area contributed by atoms with Crippen LogP contribution in [0.1, 0.15) is 18.3 Å². The number of benzene rings is 1. The van der Waals surface area contributed by atoms with Crippen LogP contribution in [0, 0.1) is 0 Å². The van der Waals surface area contributed by atoms with E-state index in [-0.39, 0.29) is 24.0 Å². The Hall–Kier alpha value is -3.41. The molecule has 33 heavy (non-hydrogen) atoms. The normalized spacial score (nSPS) is 11.0. The summed E-state index contributed by atoms with van der Waals surface area (Å²) in [6, 6.07) is 17.0. The van der Waals surface area contributed by atoms with E-state index in [0.717, 1.165) is 29.3 Å². The summed E-state index contributed by atoms with van der Waals surface area (Å²) >= 11 is 0. The molecule has 0 aliphatic carbocycles. The van der Waals surface area contributed by atoms with Crippen LogP contribution in [-0.2, 0) is 13.1 Å². The third kappa shape index (κ3) is 6.54.